The van der Waals surface area contributed by atoms with E-state index in [4.69, 9.17) is 0 Å². The number of hydrogen-bond donors (Lipinski definition) is 1. The van der Waals surface area contributed by atoms with E-state index in [2.05, 4.69) is 0 Å². The van der Waals surface area contributed by atoms with E-state index in [1.54, 1.807) is 6.92 Å². The average Bonchev–Trinajstić information content (AvgIpc) is 2.94. The summed E-state index contributed by atoms with van der Waals surface area (Å²) < 4.78 is 0. The molecular formula is C19H27NO3. The summed E-state index contributed by atoms with van der Waals surface area (Å²) in [5.74, 6) is 0.0538. The lowest BCUT2D eigenvalue weighted by Crippen LogP contribution is -2.37. The van der Waals surface area contributed by atoms with Crippen LogP contribution in [0.4, 0.5) is 0 Å². The average molecular weight is 317 g/mol. The summed E-state index contributed by atoms with van der Waals surface area (Å²) in [5, 5.41) is 9.54. The molecule has 4 nitrogen and oxygen atoms in total. The number of Topliss-reactive ketones (excluding diaryl/α,β-unsaturated/α-hetero) is 1. The number of aliphatic hydroxyl groups excluding tert-OH is 1. The molecule has 1 aliphatic heterocycles. The van der Waals surface area contributed by atoms with Crippen molar-refractivity contribution in [2.75, 3.05) is 6.54 Å². The topological polar surface area (TPSA) is 57.6 Å². The Morgan fingerprint density at radius 1 is 1.26 bits per heavy atom. The highest BCUT2D eigenvalue weighted by Gasteiger charge is 2.29. The van der Waals surface area contributed by atoms with Gasteiger partial charge >= 0.3 is 0 Å². The van der Waals surface area contributed by atoms with E-state index < -0.39 is 6.10 Å². The summed E-state index contributed by atoms with van der Waals surface area (Å²) in [7, 11) is 0. The van der Waals surface area contributed by atoms with Crippen LogP contribution in [0.1, 0.15) is 60.5 Å². The van der Waals surface area contributed by atoms with Crippen LogP contribution in [0.5, 0.6) is 0 Å². The van der Waals surface area contributed by atoms with Crippen molar-refractivity contribution < 1.29 is 14.7 Å². The van der Waals surface area contributed by atoms with Gasteiger partial charge in [-0.25, -0.2) is 0 Å². The normalized spacial score (nSPS) is 19.0. The van der Waals surface area contributed by atoms with E-state index in [0.717, 1.165) is 30.5 Å². The van der Waals surface area contributed by atoms with Crippen LogP contribution in [0.3, 0.4) is 0 Å². The lowest BCUT2D eigenvalue weighted by Gasteiger charge is -2.25. The third kappa shape index (κ3) is 4.64. The van der Waals surface area contributed by atoms with Crippen molar-refractivity contribution in [3.8, 4) is 0 Å². The van der Waals surface area contributed by atoms with Crippen LogP contribution in [0, 0.1) is 13.8 Å². The number of hydrogen-bond acceptors (Lipinski definition) is 3. The second-order valence-corrected chi connectivity index (χ2v) is 6.69. The number of aliphatic hydroxyl groups is 1. The SMILES string of the molecule is Cc1ccc(C(=O)CCC(=O)N2CCCC2CC(C)O)cc1C. The van der Waals surface area contributed by atoms with Crippen molar-refractivity contribution in [3.05, 3.63) is 34.9 Å². The second-order valence-electron chi connectivity index (χ2n) is 6.69. The molecular weight excluding hydrogens is 290 g/mol. The summed E-state index contributed by atoms with van der Waals surface area (Å²) in [6, 6.07) is 5.80. The molecule has 1 amide bonds. The van der Waals surface area contributed by atoms with Crippen molar-refractivity contribution in [1.29, 1.82) is 0 Å². The van der Waals surface area contributed by atoms with Gasteiger partial charge < -0.3 is 10.0 Å². The van der Waals surface area contributed by atoms with E-state index in [9.17, 15) is 14.7 Å². The van der Waals surface area contributed by atoms with Crippen molar-refractivity contribution >= 4 is 11.7 Å². The molecule has 4 heteroatoms. The third-order valence-electron chi connectivity index (χ3n) is 4.71. The summed E-state index contributed by atoms with van der Waals surface area (Å²) in [6.45, 7) is 6.50. The molecule has 2 atom stereocenters. The molecule has 1 N–H and O–H groups in total. The van der Waals surface area contributed by atoms with E-state index in [1.807, 2.05) is 36.9 Å². The summed E-state index contributed by atoms with van der Waals surface area (Å²) >= 11 is 0. The van der Waals surface area contributed by atoms with E-state index in [1.165, 1.54) is 0 Å². The number of aryl methyl sites for hydroxylation is 2. The summed E-state index contributed by atoms with van der Waals surface area (Å²) in [4.78, 5) is 26.5. The van der Waals surface area contributed by atoms with Crippen molar-refractivity contribution in [2.45, 2.75) is 65.0 Å². The molecule has 1 fully saturated rings. The third-order valence-corrected chi connectivity index (χ3v) is 4.71. The lowest BCUT2D eigenvalue weighted by atomic mass is 10.0. The smallest absolute Gasteiger partial charge is 0.223 e. The van der Waals surface area contributed by atoms with Crippen molar-refractivity contribution in [1.82, 2.24) is 4.90 Å². The van der Waals surface area contributed by atoms with Crippen LogP contribution in [-0.4, -0.2) is 40.4 Å². The van der Waals surface area contributed by atoms with Gasteiger partial charge in [0.25, 0.3) is 0 Å². The molecule has 1 heterocycles. The summed E-state index contributed by atoms with van der Waals surface area (Å²) in [5.41, 5.74) is 2.94. The molecule has 126 valence electrons. The highest BCUT2D eigenvalue weighted by Crippen LogP contribution is 2.23. The molecule has 0 bridgehead atoms. The zero-order chi connectivity index (χ0) is 17.0. The fourth-order valence-electron chi connectivity index (χ4n) is 3.23. The highest BCUT2D eigenvalue weighted by atomic mass is 16.3. The van der Waals surface area contributed by atoms with Gasteiger partial charge in [0.1, 0.15) is 0 Å². The fraction of sp³-hybridized carbons (Fsp3) is 0.579. The maximum atomic E-state index is 12.4. The first kappa shape index (κ1) is 17.7. The molecule has 0 aromatic heterocycles. The van der Waals surface area contributed by atoms with Crippen LogP contribution in [-0.2, 0) is 4.79 Å². The zero-order valence-electron chi connectivity index (χ0n) is 14.3. The fourth-order valence-corrected chi connectivity index (χ4v) is 3.23. The molecule has 1 aromatic carbocycles. The lowest BCUT2D eigenvalue weighted by molar-refractivity contribution is -0.132. The standard InChI is InChI=1S/C19H27NO3/c1-13-6-7-16(11-14(13)2)18(22)8-9-19(23)20-10-4-5-17(20)12-15(3)21/h6-7,11,15,17,21H,4-5,8-10,12H2,1-3H3. The summed E-state index contributed by atoms with van der Waals surface area (Å²) in [6.07, 6.45) is 2.65. The number of ketones is 1. The van der Waals surface area contributed by atoms with E-state index in [-0.39, 0.29) is 30.6 Å². The van der Waals surface area contributed by atoms with Crippen LogP contribution >= 0.6 is 0 Å². The van der Waals surface area contributed by atoms with Gasteiger partial charge in [0.2, 0.25) is 5.91 Å². The minimum Gasteiger partial charge on any atom is -0.393 e. The van der Waals surface area contributed by atoms with Crippen molar-refractivity contribution in [2.24, 2.45) is 0 Å². The molecule has 0 radical (unpaired) electrons. The number of nitrogens with zero attached hydrogens (tertiary/aromatic N) is 1. The van der Waals surface area contributed by atoms with Crippen molar-refractivity contribution in [3.63, 3.8) is 0 Å². The molecule has 0 aliphatic carbocycles. The van der Waals surface area contributed by atoms with Gasteiger partial charge in [-0.3, -0.25) is 9.59 Å². The molecule has 1 aliphatic rings. The number of carbonyl (C=O) groups is 2. The van der Waals surface area contributed by atoms with Gasteiger partial charge in [0.15, 0.2) is 5.78 Å². The van der Waals surface area contributed by atoms with Gasteiger partial charge in [0, 0.05) is 31.0 Å². The second kappa shape index (κ2) is 7.73. The first-order chi connectivity index (χ1) is 10.9. The number of rotatable bonds is 6. The monoisotopic (exact) mass is 317 g/mol. The minimum absolute atomic E-state index is 0.0210. The molecule has 23 heavy (non-hydrogen) atoms. The molecule has 1 saturated heterocycles. The molecule has 2 unspecified atom stereocenters. The largest absolute Gasteiger partial charge is 0.393 e. The molecule has 1 aromatic rings. The van der Waals surface area contributed by atoms with E-state index in [0.29, 0.717) is 12.0 Å². The Morgan fingerprint density at radius 2 is 2.00 bits per heavy atom. The molecule has 2 rings (SSSR count). The van der Waals surface area contributed by atoms with Gasteiger partial charge in [-0.1, -0.05) is 12.1 Å². The predicted molar refractivity (Wildman–Crippen MR) is 90.5 cm³/mol. The highest BCUT2D eigenvalue weighted by molar-refractivity contribution is 5.98. The van der Waals surface area contributed by atoms with Gasteiger partial charge in [0.05, 0.1) is 6.10 Å². The zero-order valence-corrected chi connectivity index (χ0v) is 14.3. The van der Waals surface area contributed by atoms with Crippen LogP contribution < -0.4 is 0 Å². The Labute approximate surface area is 138 Å². The molecule has 0 spiro atoms. The van der Waals surface area contributed by atoms with Gasteiger partial charge in [-0.05, 0) is 57.2 Å². The Hall–Kier alpha value is -1.68. The Balaban J connectivity index is 1.90. The number of likely N-dealkylation sites (tertiary alicyclic amines) is 1. The van der Waals surface area contributed by atoms with Crippen LogP contribution in [0.2, 0.25) is 0 Å². The number of benzene rings is 1. The Bertz CT molecular complexity index is 580. The Morgan fingerprint density at radius 3 is 2.65 bits per heavy atom. The maximum Gasteiger partial charge on any atom is 0.223 e. The first-order valence-electron chi connectivity index (χ1n) is 8.46. The Kier molecular flexibility index (Phi) is 5.94. The number of amides is 1. The quantitative estimate of drug-likeness (QED) is 0.821. The first-order valence-corrected chi connectivity index (χ1v) is 8.46. The minimum atomic E-state index is -0.398. The van der Waals surface area contributed by atoms with Gasteiger partial charge in [-0.2, -0.15) is 0 Å². The van der Waals surface area contributed by atoms with Crippen LogP contribution in [0.15, 0.2) is 18.2 Å². The van der Waals surface area contributed by atoms with Crippen LogP contribution in [0.25, 0.3) is 0 Å². The molecule has 0 saturated carbocycles. The number of carbonyl (C=O) groups excluding carboxylic acids is 2. The predicted octanol–water partition coefficient (Wildman–Crippen LogP) is 3.03. The maximum absolute atomic E-state index is 12.4. The van der Waals surface area contributed by atoms with Gasteiger partial charge in [-0.15, -0.1) is 0 Å². The van der Waals surface area contributed by atoms with E-state index >= 15 is 0 Å².